The standard InChI is InChI=1S/C25H32N2O4/c1-16(2)31-25(30)15-23(21-12-8-18(4)9-13-21)27-24(29)14-22(26-19(5)28)20-10-6-17(3)7-11-20/h6-13,16,22-23H,14-15H2,1-5H3,(H,26,28)(H,27,29). The van der Waals surface area contributed by atoms with Crippen LogP contribution < -0.4 is 10.6 Å². The van der Waals surface area contributed by atoms with Gasteiger partial charge in [0.1, 0.15) is 0 Å². The Labute approximate surface area is 184 Å². The molecule has 6 heteroatoms. The minimum Gasteiger partial charge on any atom is -0.463 e. The van der Waals surface area contributed by atoms with Crippen LogP contribution in [0.2, 0.25) is 0 Å². The summed E-state index contributed by atoms with van der Waals surface area (Å²) in [5.74, 6) is -0.853. The number of aryl methyl sites for hydroxylation is 2. The summed E-state index contributed by atoms with van der Waals surface area (Å²) in [4.78, 5) is 36.9. The minimum absolute atomic E-state index is 0.0301. The molecule has 0 aliphatic carbocycles. The van der Waals surface area contributed by atoms with Gasteiger partial charge in [-0.05, 0) is 38.8 Å². The first-order valence-corrected chi connectivity index (χ1v) is 10.5. The van der Waals surface area contributed by atoms with Crippen molar-refractivity contribution in [3.05, 3.63) is 70.8 Å². The Bertz CT molecular complexity index is 889. The number of hydrogen-bond donors (Lipinski definition) is 2. The second-order valence-corrected chi connectivity index (χ2v) is 8.14. The predicted molar refractivity (Wildman–Crippen MR) is 120 cm³/mol. The molecule has 31 heavy (non-hydrogen) atoms. The van der Waals surface area contributed by atoms with E-state index >= 15 is 0 Å². The third-order valence-corrected chi connectivity index (χ3v) is 4.80. The molecule has 0 saturated carbocycles. The first kappa shape index (κ1) is 24.1. The lowest BCUT2D eigenvalue weighted by Crippen LogP contribution is -2.35. The summed E-state index contributed by atoms with van der Waals surface area (Å²) in [5.41, 5.74) is 3.86. The molecule has 166 valence electrons. The summed E-state index contributed by atoms with van der Waals surface area (Å²) in [6, 6.07) is 14.4. The summed E-state index contributed by atoms with van der Waals surface area (Å²) in [7, 11) is 0. The predicted octanol–water partition coefficient (Wildman–Crippen LogP) is 4.07. The van der Waals surface area contributed by atoms with Crippen LogP contribution in [0.4, 0.5) is 0 Å². The van der Waals surface area contributed by atoms with Crippen molar-refractivity contribution in [1.29, 1.82) is 0 Å². The summed E-state index contributed by atoms with van der Waals surface area (Å²) in [6.45, 7) is 8.96. The quantitative estimate of drug-likeness (QED) is 0.594. The Morgan fingerprint density at radius 3 is 1.65 bits per heavy atom. The molecule has 2 atom stereocenters. The second kappa shape index (κ2) is 11.3. The molecule has 2 unspecified atom stereocenters. The van der Waals surface area contributed by atoms with Crippen LogP contribution in [0, 0.1) is 13.8 Å². The van der Waals surface area contributed by atoms with E-state index in [-0.39, 0.29) is 36.7 Å². The number of benzene rings is 2. The maximum atomic E-state index is 12.9. The van der Waals surface area contributed by atoms with Crippen LogP contribution in [0.25, 0.3) is 0 Å². The second-order valence-electron chi connectivity index (χ2n) is 8.14. The van der Waals surface area contributed by atoms with Gasteiger partial charge in [0.15, 0.2) is 0 Å². The molecule has 2 N–H and O–H groups in total. The van der Waals surface area contributed by atoms with Gasteiger partial charge in [-0.15, -0.1) is 0 Å². The molecule has 2 aromatic carbocycles. The van der Waals surface area contributed by atoms with Crippen molar-refractivity contribution in [1.82, 2.24) is 10.6 Å². The zero-order valence-electron chi connectivity index (χ0n) is 18.9. The fraction of sp³-hybridized carbons (Fsp3) is 0.400. The van der Waals surface area contributed by atoms with Gasteiger partial charge < -0.3 is 15.4 Å². The van der Waals surface area contributed by atoms with Gasteiger partial charge in [-0.2, -0.15) is 0 Å². The molecule has 0 saturated heterocycles. The van der Waals surface area contributed by atoms with E-state index in [2.05, 4.69) is 10.6 Å². The summed E-state index contributed by atoms with van der Waals surface area (Å²) < 4.78 is 5.27. The minimum atomic E-state index is -0.518. The van der Waals surface area contributed by atoms with Gasteiger partial charge in [0.25, 0.3) is 0 Å². The zero-order valence-corrected chi connectivity index (χ0v) is 18.9. The van der Waals surface area contributed by atoms with E-state index in [1.807, 2.05) is 62.4 Å². The van der Waals surface area contributed by atoms with Crippen molar-refractivity contribution in [2.75, 3.05) is 0 Å². The largest absolute Gasteiger partial charge is 0.463 e. The van der Waals surface area contributed by atoms with Gasteiger partial charge in [-0.25, -0.2) is 0 Å². The Morgan fingerprint density at radius 2 is 1.23 bits per heavy atom. The van der Waals surface area contributed by atoms with Crippen molar-refractivity contribution < 1.29 is 19.1 Å². The topological polar surface area (TPSA) is 84.5 Å². The van der Waals surface area contributed by atoms with Crippen molar-refractivity contribution in [3.63, 3.8) is 0 Å². The van der Waals surface area contributed by atoms with Gasteiger partial charge in [-0.3, -0.25) is 14.4 Å². The number of rotatable bonds is 9. The molecule has 0 fully saturated rings. The van der Waals surface area contributed by atoms with Gasteiger partial charge in [-0.1, -0.05) is 59.7 Å². The maximum Gasteiger partial charge on any atom is 0.308 e. The molecule has 0 aliphatic rings. The lowest BCUT2D eigenvalue weighted by Gasteiger charge is -2.22. The number of carbonyl (C=O) groups is 3. The molecule has 6 nitrogen and oxygen atoms in total. The number of carbonyl (C=O) groups excluding carboxylic acids is 3. The number of hydrogen-bond acceptors (Lipinski definition) is 4. The van der Waals surface area contributed by atoms with Crippen LogP contribution in [0.3, 0.4) is 0 Å². The SMILES string of the molecule is CC(=O)NC(CC(=O)NC(CC(=O)OC(C)C)c1ccc(C)cc1)c1ccc(C)cc1. The third-order valence-electron chi connectivity index (χ3n) is 4.80. The van der Waals surface area contributed by atoms with Crippen LogP contribution in [-0.2, 0) is 19.1 Å². The van der Waals surface area contributed by atoms with Crippen molar-refractivity contribution in [3.8, 4) is 0 Å². The first-order chi connectivity index (χ1) is 14.6. The van der Waals surface area contributed by atoms with Gasteiger partial charge in [0, 0.05) is 6.92 Å². The van der Waals surface area contributed by atoms with Gasteiger partial charge in [0.2, 0.25) is 11.8 Å². The molecule has 0 spiro atoms. The summed E-state index contributed by atoms with van der Waals surface area (Å²) in [6.07, 6.45) is -0.139. The molecule has 0 aromatic heterocycles. The monoisotopic (exact) mass is 424 g/mol. The van der Waals surface area contributed by atoms with Crippen LogP contribution in [0.15, 0.2) is 48.5 Å². The maximum absolute atomic E-state index is 12.9. The summed E-state index contributed by atoms with van der Waals surface area (Å²) >= 11 is 0. The molecular weight excluding hydrogens is 392 g/mol. The Morgan fingerprint density at radius 1 is 0.774 bits per heavy atom. The number of amides is 2. The average Bonchev–Trinajstić information content (AvgIpc) is 2.67. The number of nitrogens with one attached hydrogen (secondary N) is 2. The Kier molecular flexibility index (Phi) is 8.79. The van der Waals surface area contributed by atoms with Crippen molar-refractivity contribution in [2.45, 2.75) is 65.6 Å². The molecule has 0 aliphatic heterocycles. The average molecular weight is 425 g/mol. The molecule has 2 amide bonds. The van der Waals surface area contributed by atoms with Crippen molar-refractivity contribution >= 4 is 17.8 Å². The Hall–Kier alpha value is -3.15. The summed E-state index contributed by atoms with van der Waals surface area (Å²) in [5, 5.41) is 5.79. The van der Waals surface area contributed by atoms with E-state index in [0.717, 1.165) is 22.3 Å². The van der Waals surface area contributed by atoms with Crippen LogP contribution in [-0.4, -0.2) is 23.9 Å². The normalized spacial score (nSPS) is 12.7. The van der Waals surface area contributed by atoms with Crippen LogP contribution in [0.1, 0.15) is 68.0 Å². The van der Waals surface area contributed by atoms with E-state index in [1.54, 1.807) is 13.8 Å². The lowest BCUT2D eigenvalue weighted by molar-refractivity contribution is -0.148. The highest BCUT2D eigenvalue weighted by atomic mass is 16.5. The number of ether oxygens (including phenoxy) is 1. The van der Waals surface area contributed by atoms with E-state index in [1.165, 1.54) is 6.92 Å². The van der Waals surface area contributed by atoms with E-state index in [4.69, 9.17) is 4.74 Å². The van der Waals surface area contributed by atoms with E-state index in [0.29, 0.717) is 0 Å². The van der Waals surface area contributed by atoms with E-state index < -0.39 is 12.1 Å². The smallest absolute Gasteiger partial charge is 0.308 e. The molecule has 0 radical (unpaired) electrons. The number of esters is 1. The highest BCUT2D eigenvalue weighted by Gasteiger charge is 2.23. The molecule has 2 aromatic rings. The highest BCUT2D eigenvalue weighted by molar-refractivity contribution is 5.80. The first-order valence-electron chi connectivity index (χ1n) is 10.5. The fourth-order valence-electron chi connectivity index (χ4n) is 3.26. The fourth-order valence-corrected chi connectivity index (χ4v) is 3.26. The highest BCUT2D eigenvalue weighted by Crippen LogP contribution is 2.22. The van der Waals surface area contributed by atoms with E-state index in [9.17, 15) is 14.4 Å². The molecule has 2 rings (SSSR count). The van der Waals surface area contributed by atoms with Gasteiger partial charge in [0.05, 0.1) is 31.0 Å². The van der Waals surface area contributed by atoms with Crippen LogP contribution in [0.5, 0.6) is 0 Å². The Balaban J connectivity index is 2.17. The van der Waals surface area contributed by atoms with Crippen molar-refractivity contribution in [2.24, 2.45) is 0 Å². The molecule has 0 heterocycles. The molecule has 0 bridgehead atoms. The molecular formula is C25H32N2O4. The zero-order chi connectivity index (χ0) is 23.0. The third kappa shape index (κ3) is 8.24. The lowest BCUT2D eigenvalue weighted by atomic mass is 9.99. The van der Waals surface area contributed by atoms with Crippen LogP contribution >= 0.6 is 0 Å². The van der Waals surface area contributed by atoms with Gasteiger partial charge >= 0.3 is 5.97 Å².